The van der Waals surface area contributed by atoms with Crippen LogP contribution in [-0.4, -0.2) is 27.3 Å². The number of carbonyl (C=O) groups is 2. The molecule has 1 aliphatic heterocycles. The quantitative estimate of drug-likeness (QED) is 0.447. The summed E-state index contributed by atoms with van der Waals surface area (Å²) in [5.74, 6) is -0.224. The normalized spacial score (nSPS) is 17.4. The molecule has 0 spiro atoms. The van der Waals surface area contributed by atoms with E-state index >= 15 is 0 Å². The van der Waals surface area contributed by atoms with Crippen molar-refractivity contribution in [1.82, 2.24) is 15.6 Å². The number of rotatable bonds is 4. The molecule has 3 N–H and O–H groups in total. The second-order valence-corrected chi connectivity index (χ2v) is 9.78. The van der Waals surface area contributed by atoms with Crippen molar-refractivity contribution in [2.75, 3.05) is 0 Å². The molecule has 1 aliphatic rings. The Labute approximate surface area is 196 Å². The lowest BCUT2D eigenvalue weighted by Crippen LogP contribution is -2.35. The van der Waals surface area contributed by atoms with Gasteiger partial charge in [0.15, 0.2) is 5.17 Å². The van der Waals surface area contributed by atoms with Gasteiger partial charge in [0.05, 0.1) is 22.2 Å². The Morgan fingerprint density at radius 1 is 1.18 bits per heavy atom. The van der Waals surface area contributed by atoms with Crippen LogP contribution < -0.4 is 10.6 Å². The molecule has 2 aromatic carbocycles. The summed E-state index contributed by atoms with van der Waals surface area (Å²) in [7, 11) is 0. The van der Waals surface area contributed by atoms with E-state index in [0.717, 1.165) is 22.0 Å². The zero-order valence-corrected chi connectivity index (χ0v) is 19.3. The minimum Gasteiger partial charge on any atom is -0.465 e. The zero-order chi connectivity index (χ0) is 23.6. The minimum absolute atomic E-state index is 0.224. The van der Waals surface area contributed by atoms with Gasteiger partial charge in [-0.05, 0) is 53.1 Å². The lowest BCUT2D eigenvalue weighted by Gasteiger charge is -2.31. The van der Waals surface area contributed by atoms with Gasteiger partial charge in [0.2, 0.25) is 0 Å². The molecule has 168 valence electrons. The number of aromatic nitrogens is 1. The van der Waals surface area contributed by atoms with Crippen LogP contribution in [0, 0.1) is 5.41 Å². The number of amides is 2. The fourth-order valence-corrected chi connectivity index (χ4v) is 4.48. The number of nitrogens with one attached hydrogen (secondary N) is 2. The number of hydrogen-bond acceptors (Lipinski definition) is 5. The first kappa shape index (κ1) is 22.5. The number of carboxylic acid groups (broad SMARTS) is 1. The van der Waals surface area contributed by atoms with Gasteiger partial charge in [-0.15, -0.1) is 0 Å². The van der Waals surface area contributed by atoms with Crippen LogP contribution in [-0.2, 0) is 4.79 Å². The average Bonchev–Trinajstić information content (AvgIpc) is 3.10. The van der Waals surface area contributed by atoms with E-state index in [1.54, 1.807) is 6.20 Å². The van der Waals surface area contributed by atoms with Crippen LogP contribution in [0.4, 0.5) is 10.5 Å². The Bertz CT molecular complexity index is 1290. The van der Waals surface area contributed by atoms with E-state index in [9.17, 15) is 14.7 Å². The summed E-state index contributed by atoms with van der Waals surface area (Å²) < 4.78 is 0. The van der Waals surface area contributed by atoms with Crippen LogP contribution in [0.5, 0.6) is 0 Å². The molecule has 33 heavy (non-hydrogen) atoms. The van der Waals surface area contributed by atoms with E-state index in [-0.39, 0.29) is 11.3 Å². The van der Waals surface area contributed by atoms with Crippen molar-refractivity contribution in [2.24, 2.45) is 10.4 Å². The van der Waals surface area contributed by atoms with E-state index in [4.69, 9.17) is 0 Å². The molecule has 0 saturated carbocycles. The van der Waals surface area contributed by atoms with Crippen LogP contribution in [0.15, 0.2) is 70.7 Å². The fraction of sp³-hybridized carbons (Fsp3) is 0.200. The second kappa shape index (κ2) is 9.07. The molecule has 0 bridgehead atoms. The molecule has 8 heteroatoms. The highest BCUT2D eigenvalue weighted by molar-refractivity contribution is 8.18. The highest BCUT2D eigenvalue weighted by Gasteiger charge is 2.30. The van der Waals surface area contributed by atoms with Crippen molar-refractivity contribution >= 4 is 51.6 Å². The smallest absolute Gasteiger partial charge is 0.405 e. The highest BCUT2D eigenvalue weighted by atomic mass is 32.2. The van der Waals surface area contributed by atoms with Crippen LogP contribution >= 0.6 is 11.8 Å². The lowest BCUT2D eigenvalue weighted by atomic mass is 9.82. The molecule has 1 unspecified atom stereocenters. The van der Waals surface area contributed by atoms with Gasteiger partial charge in [0, 0.05) is 17.1 Å². The molecule has 1 aromatic heterocycles. The summed E-state index contributed by atoms with van der Waals surface area (Å²) in [5, 5.41) is 16.2. The first-order chi connectivity index (χ1) is 15.7. The molecule has 1 fully saturated rings. The van der Waals surface area contributed by atoms with Gasteiger partial charge in [0.25, 0.3) is 5.91 Å². The average molecular weight is 461 g/mol. The first-order valence-electron chi connectivity index (χ1n) is 10.4. The van der Waals surface area contributed by atoms with Crippen LogP contribution in [0.25, 0.3) is 17.0 Å². The number of para-hydroxylation sites is 1. The number of nitrogens with zero attached hydrogens (tertiary/aromatic N) is 2. The number of fused-ring (bicyclic) bond motifs is 1. The number of benzene rings is 2. The van der Waals surface area contributed by atoms with Crippen molar-refractivity contribution in [2.45, 2.75) is 26.8 Å². The largest absolute Gasteiger partial charge is 0.465 e. The number of aliphatic imine (C=N–C) groups is 1. The van der Waals surface area contributed by atoms with E-state index in [1.807, 2.05) is 81.4 Å². The maximum atomic E-state index is 12.6. The molecule has 0 radical (unpaired) electrons. The summed E-state index contributed by atoms with van der Waals surface area (Å²) in [4.78, 5) is 33.5. The third-order valence-corrected chi connectivity index (χ3v) is 6.09. The summed E-state index contributed by atoms with van der Waals surface area (Å²) in [6.45, 7) is 5.89. The summed E-state index contributed by atoms with van der Waals surface area (Å²) in [6.07, 6.45) is 2.47. The van der Waals surface area contributed by atoms with E-state index in [0.29, 0.717) is 15.8 Å². The van der Waals surface area contributed by atoms with E-state index in [1.165, 1.54) is 11.8 Å². The van der Waals surface area contributed by atoms with Crippen molar-refractivity contribution in [3.8, 4) is 0 Å². The highest BCUT2D eigenvalue weighted by Crippen LogP contribution is 2.38. The number of hydrogen-bond donors (Lipinski definition) is 3. The molecular formula is C25H24N4O3S. The van der Waals surface area contributed by atoms with Gasteiger partial charge in [-0.25, -0.2) is 9.79 Å². The van der Waals surface area contributed by atoms with Gasteiger partial charge in [0.1, 0.15) is 0 Å². The molecule has 2 amide bonds. The number of amidine groups is 1. The SMILES string of the molecule is CC(C)(C)C(NC(=O)O)c1ccccc1N=C1NC(=O)/C(=C/c2ccc3ncccc3c2)S1. The molecule has 3 aromatic rings. The van der Waals surface area contributed by atoms with Gasteiger partial charge in [-0.3, -0.25) is 9.78 Å². The molecule has 1 atom stereocenters. The lowest BCUT2D eigenvalue weighted by molar-refractivity contribution is -0.115. The molecule has 2 heterocycles. The van der Waals surface area contributed by atoms with Crippen molar-refractivity contribution in [3.63, 3.8) is 0 Å². The van der Waals surface area contributed by atoms with Gasteiger partial charge >= 0.3 is 6.09 Å². The van der Waals surface area contributed by atoms with Gasteiger partial charge in [-0.1, -0.05) is 51.1 Å². The second-order valence-electron chi connectivity index (χ2n) is 8.74. The first-order valence-corrected chi connectivity index (χ1v) is 11.2. The van der Waals surface area contributed by atoms with Gasteiger partial charge in [-0.2, -0.15) is 0 Å². The Morgan fingerprint density at radius 2 is 1.97 bits per heavy atom. The Hall–Kier alpha value is -3.65. The predicted octanol–water partition coefficient (Wildman–Crippen LogP) is 5.48. The zero-order valence-electron chi connectivity index (χ0n) is 18.5. The maximum Gasteiger partial charge on any atom is 0.405 e. The van der Waals surface area contributed by atoms with Crippen molar-refractivity contribution in [3.05, 3.63) is 76.8 Å². The Balaban J connectivity index is 1.64. The fourth-order valence-electron chi connectivity index (χ4n) is 3.64. The molecule has 7 nitrogen and oxygen atoms in total. The number of carbonyl (C=O) groups excluding carboxylic acids is 1. The predicted molar refractivity (Wildman–Crippen MR) is 132 cm³/mol. The Morgan fingerprint density at radius 3 is 2.73 bits per heavy atom. The van der Waals surface area contributed by atoms with Crippen LogP contribution in [0.3, 0.4) is 0 Å². The maximum absolute atomic E-state index is 12.6. The standard InChI is InChI=1S/C25H24N4O3S/c1-25(2,3)21(28-24(31)32)17-8-4-5-9-19(17)27-23-29-22(30)20(33-23)14-15-10-11-18-16(13-15)7-6-12-26-18/h4-14,21,28H,1-3H3,(H,31,32)(H,27,29,30)/b20-14-. The number of pyridine rings is 1. The van der Waals surface area contributed by atoms with E-state index < -0.39 is 12.1 Å². The summed E-state index contributed by atoms with van der Waals surface area (Å²) in [6, 6.07) is 16.6. The summed E-state index contributed by atoms with van der Waals surface area (Å²) >= 11 is 1.25. The number of thioether (sulfide) groups is 1. The third kappa shape index (κ3) is 5.23. The Kier molecular flexibility index (Phi) is 6.20. The van der Waals surface area contributed by atoms with Crippen LogP contribution in [0.2, 0.25) is 0 Å². The minimum atomic E-state index is -1.10. The third-order valence-electron chi connectivity index (χ3n) is 5.18. The molecule has 0 aliphatic carbocycles. The summed E-state index contributed by atoms with van der Waals surface area (Å²) in [5.41, 5.74) is 2.76. The van der Waals surface area contributed by atoms with Gasteiger partial charge < -0.3 is 15.7 Å². The molecule has 1 saturated heterocycles. The van der Waals surface area contributed by atoms with Crippen molar-refractivity contribution in [1.29, 1.82) is 0 Å². The van der Waals surface area contributed by atoms with Crippen molar-refractivity contribution < 1.29 is 14.7 Å². The van der Waals surface area contributed by atoms with E-state index in [2.05, 4.69) is 20.6 Å². The molecular weight excluding hydrogens is 436 g/mol. The molecule has 4 rings (SSSR count). The monoisotopic (exact) mass is 460 g/mol. The topological polar surface area (TPSA) is 104 Å². The van der Waals surface area contributed by atoms with Crippen LogP contribution in [0.1, 0.15) is 37.9 Å².